The van der Waals surface area contributed by atoms with Gasteiger partial charge in [0.05, 0.1) is 0 Å². The van der Waals surface area contributed by atoms with Crippen LogP contribution in [0.2, 0.25) is 6.04 Å². The lowest BCUT2D eigenvalue weighted by Gasteiger charge is -2.28. The molecule has 0 aromatic heterocycles. The minimum atomic E-state index is -2.76. The van der Waals surface area contributed by atoms with E-state index in [4.69, 9.17) is 13.3 Å². The average molecular weight is 905 g/mol. The Morgan fingerprint density at radius 2 is 1.14 bits per heavy atom. The number of likely N-dealkylation sites (N-methyl/N-ethyl adjacent to an activating group) is 2. The van der Waals surface area contributed by atoms with Gasteiger partial charge in [0.25, 0.3) is 5.91 Å². The molecule has 1 amide bonds. The summed E-state index contributed by atoms with van der Waals surface area (Å²) in [7, 11) is 1.65. The van der Waals surface area contributed by atoms with Gasteiger partial charge in [-0.2, -0.15) is 0 Å². The number of nitrogens with zero attached hydrogens (tertiary/aromatic N) is 2. The molecule has 5 aromatic rings. The third-order valence-corrected chi connectivity index (χ3v) is 17.9. The molecule has 1 N–H and O–H groups in total. The molecule has 3 aliphatic rings. The molecule has 1 fully saturated rings. The van der Waals surface area contributed by atoms with E-state index in [-0.39, 0.29) is 16.7 Å². The average Bonchev–Trinajstić information content (AvgIpc) is 3.63. The van der Waals surface area contributed by atoms with Gasteiger partial charge in [-0.05, 0) is 116 Å². The van der Waals surface area contributed by atoms with E-state index in [0.717, 1.165) is 24.2 Å². The van der Waals surface area contributed by atoms with Gasteiger partial charge in [-0.25, -0.2) is 0 Å². The number of fused-ring (bicyclic) bond motifs is 6. The van der Waals surface area contributed by atoms with Crippen molar-refractivity contribution in [1.82, 2.24) is 5.32 Å². The highest BCUT2D eigenvalue weighted by molar-refractivity contribution is 7.79. The first-order chi connectivity index (χ1) is 31.3. The summed E-state index contributed by atoms with van der Waals surface area (Å²) in [6, 6.07) is 35.3. The van der Waals surface area contributed by atoms with Gasteiger partial charge >= 0.3 is 8.80 Å². The first-order valence-electron chi connectivity index (χ1n) is 23.5. The highest BCUT2D eigenvalue weighted by Gasteiger charge is 2.42. The van der Waals surface area contributed by atoms with Crippen LogP contribution in [-0.2, 0) is 35.5 Å². The quantitative estimate of drug-likeness (QED) is 0.0394. The fraction of sp³-hybridized carbons (Fsp3) is 0.357. The standard InChI is InChI=1S/C56H65N3O4SSi/c1-10-61-65(62-11-2,63-12-3)38-18-37-57-54(60)43-25-31-44(32-26-43)64-53-41(29-35-49-55(4,5)51-45-23-15-13-19-39(45)27-33-47(51)58(49)8)21-17-22-42(53)30-36-50-56(6,7)52-46-24-16-14-20-40(46)28-34-48(52)59(50)9/h13-16,19-20,23-36H,10-12,17-18,21-22,37-38H2,1-9H3/p+1/b41-29+,42-30+,49-35-,50-36-. The van der Waals surface area contributed by atoms with E-state index >= 15 is 0 Å². The zero-order valence-corrected chi connectivity index (χ0v) is 41.7. The Balaban J connectivity index is 1.11. The minimum absolute atomic E-state index is 0.0862. The number of rotatable bonds is 14. The van der Waals surface area contributed by atoms with Gasteiger partial charge in [-0.3, -0.25) is 4.79 Å². The molecule has 8 rings (SSSR count). The number of hydrogen-bond acceptors (Lipinski definition) is 6. The number of anilines is 2. The monoisotopic (exact) mass is 904 g/mol. The Morgan fingerprint density at radius 1 is 0.662 bits per heavy atom. The molecule has 5 aromatic carbocycles. The number of hydrogen-bond donors (Lipinski definition) is 1. The molecule has 2 heterocycles. The SMILES string of the molecule is CCO[Si](CCCNC(=O)c1ccc([S+]=C2/C(=C/C=C3\N(C)c4ccc5ccccc5c4C3(C)C)CCC/C2=C\C=C2/N(C)c3ccc4ccccc4c3C2(C)C)cc1)(OCC)OCC. The van der Waals surface area contributed by atoms with E-state index in [2.05, 4.69) is 166 Å². The van der Waals surface area contributed by atoms with E-state index in [0.29, 0.717) is 44.4 Å². The maximum atomic E-state index is 13.4. The minimum Gasteiger partial charge on any atom is -0.374 e. The highest BCUT2D eigenvalue weighted by atomic mass is 32.1. The van der Waals surface area contributed by atoms with Crippen molar-refractivity contribution in [2.24, 2.45) is 0 Å². The molecule has 0 unspecified atom stereocenters. The third kappa shape index (κ3) is 9.06. The molecule has 0 radical (unpaired) electrons. The number of nitrogens with one attached hydrogen (secondary N) is 1. The third-order valence-electron chi connectivity index (χ3n) is 13.5. The number of allylic oxidation sites excluding steroid dienone is 8. The highest BCUT2D eigenvalue weighted by Crippen LogP contribution is 2.51. The summed E-state index contributed by atoms with van der Waals surface area (Å²) in [5.74, 6) is -0.0862. The normalized spacial score (nSPS) is 19.2. The van der Waals surface area contributed by atoms with Crippen LogP contribution < -0.4 is 15.1 Å². The van der Waals surface area contributed by atoms with Crippen LogP contribution in [0.25, 0.3) is 21.5 Å². The molecule has 1 aliphatic carbocycles. The van der Waals surface area contributed by atoms with Crippen LogP contribution in [0, 0.1) is 0 Å². The number of carbonyl (C=O) groups is 1. The zero-order chi connectivity index (χ0) is 45.9. The summed E-state index contributed by atoms with van der Waals surface area (Å²) in [6.45, 7) is 17.5. The second kappa shape index (κ2) is 19.4. The lowest BCUT2D eigenvalue weighted by atomic mass is 9.80. The van der Waals surface area contributed by atoms with Gasteiger partial charge in [0, 0.05) is 109 Å². The van der Waals surface area contributed by atoms with Gasteiger partial charge in [0.2, 0.25) is 21.1 Å². The largest absolute Gasteiger partial charge is 0.500 e. The van der Waals surface area contributed by atoms with E-state index < -0.39 is 8.80 Å². The summed E-state index contributed by atoms with van der Waals surface area (Å²) in [6.07, 6.45) is 13.3. The topological polar surface area (TPSA) is 63.3 Å². The Hall–Kier alpha value is -5.16. The van der Waals surface area contributed by atoms with Crippen LogP contribution in [0.1, 0.15) is 95.6 Å². The molecule has 338 valence electrons. The van der Waals surface area contributed by atoms with Crippen LogP contribution in [0.4, 0.5) is 11.4 Å². The van der Waals surface area contributed by atoms with Crippen molar-refractivity contribution in [3.8, 4) is 0 Å². The van der Waals surface area contributed by atoms with Crippen molar-refractivity contribution in [2.45, 2.75) is 95.9 Å². The van der Waals surface area contributed by atoms with Gasteiger partial charge in [0.15, 0.2) is 0 Å². The van der Waals surface area contributed by atoms with Crippen LogP contribution in [0.15, 0.2) is 149 Å². The zero-order valence-electron chi connectivity index (χ0n) is 39.8. The van der Waals surface area contributed by atoms with Crippen LogP contribution in [-0.4, -0.2) is 60.0 Å². The van der Waals surface area contributed by atoms with Gasteiger partial charge in [-0.1, -0.05) is 101 Å². The Labute approximate surface area is 392 Å². The molecule has 9 heteroatoms. The molecule has 1 saturated carbocycles. The van der Waals surface area contributed by atoms with Crippen LogP contribution >= 0.6 is 0 Å². The summed E-state index contributed by atoms with van der Waals surface area (Å²) in [5, 5.41) is 8.30. The second-order valence-electron chi connectivity index (χ2n) is 18.4. The fourth-order valence-electron chi connectivity index (χ4n) is 10.5. The van der Waals surface area contributed by atoms with Crippen molar-refractivity contribution in [3.05, 3.63) is 161 Å². The lowest BCUT2D eigenvalue weighted by Crippen LogP contribution is -2.46. The molecule has 65 heavy (non-hydrogen) atoms. The molecular formula is C56H66N3O4SSi+. The number of benzene rings is 5. The summed E-state index contributed by atoms with van der Waals surface area (Å²) < 4.78 is 18.0. The maximum Gasteiger partial charge on any atom is 0.500 e. The lowest BCUT2D eigenvalue weighted by molar-refractivity contribution is 0.0704. The number of amides is 1. The Kier molecular flexibility index (Phi) is 13.8. The van der Waals surface area contributed by atoms with Gasteiger partial charge < -0.3 is 28.4 Å². The number of carbonyl (C=O) groups excluding carboxylic acids is 1. The van der Waals surface area contributed by atoms with Crippen molar-refractivity contribution in [1.29, 1.82) is 0 Å². The van der Waals surface area contributed by atoms with E-state index in [1.54, 1.807) is 0 Å². The van der Waals surface area contributed by atoms with Crippen molar-refractivity contribution >= 4 is 63.8 Å². The summed E-state index contributed by atoms with van der Waals surface area (Å²) >= 11 is 1.81. The van der Waals surface area contributed by atoms with E-state index in [1.807, 2.05) is 44.3 Å². The summed E-state index contributed by atoms with van der Waals surface area (Å²) in [4.78, 5) is 20.6. The van der Waals surface area contributed by atoms with E-state index in [9.17, 15) is 4.79 Å². The Morgan fingerprint density at radius 3 is 1.62 bits per heavy atom. The first kappa shape index (κ1) is 46.4. The van der Waals surface area contributed by atoms with E-state index in [1.165, 1.54) is 71.5 Å². The molecular weight excluding hydrogens is 839 g/mol. The molecule has 0 saturated heterocycles. The molecule has 0 bridgehead atoms. The molecule has 2 aliphatic heterocycles. The van der Waals surface area contributed by atoms with Crippen molar-refractivity contribution < 1.29 is 18.1 Å². The van der Waals surface area contributed by atoms with Gasteiger partial charge in [-0.15, -0.1) is 0 Å². The predicted molar refractivity (Wildman–Crippen MR) is 276 cm³/mol. The predicted octanol–water partition coefficient (Wildman–Crippen LogP) is 12.4. The summed E-state index contributed by atoms with van der Waals surface area (Å²) in [5.41, 5.74) is 10.8. The second-order valence-corrected chi connectivity index (χ2v) is 22.2. The molecule has 0 spiro atoms. The van der Waals surface area contributed by atoms with Crippen molar-refractivity contribution in [2.75, 3.05) is 50.3 Å². The fourth-order valence-corrected chi connectivity index (χ4v) is 14.2. The van der Waals surface area contributed by atoms with Crippen LogP contribution in [0.3, 0.4) is 0 Å². The first-order valence-corrected chi connectivity index (χ1v) is 26.3. The van der Waals surface area contributed by atoms with Crippen molar-refractivity contribution in [3.63, 3.8) is 0 Å². The van der Waals surface area contributed by atoms with Crippen LogP contribution in [0.5, 0.6) is 0 Å². The van der Waals surface area contributed by atoms with Gasteiger partial charge in [0.1, 0.15) is 0 Å². The Bertz CT molecular complexity index is 2590. The maximum absolute atomic E-state index is 13.4. The smallest absolute Gasteiger partial charge is 0.374 e. The molecule has 7 nitrogen and oxygen atoms in total. The molecule has 0 atom stereocenters.